The van der Waals surface area contributed by atoms with Crippen LogP contribution in [-0.4, -0.2) is 30.4 Å². The van der Waals surface area contributed by atoms with Gasteiger partial charge in [0, 0.05) is 13.1 Å². The van der Waals surface area contributed by atoms with E-state index in [1.807, 2.05) is 4.90 Å². The van der Waals surface area contributed by atoms with E-state index >= 15 is 0 Å². The monoisotopic (exact) mass is 260 g/mol. The van der Waals surface area contributed by atoms with Crippen LogP contribution in [0.2, 0.25) is 0 Å². The number of carbonyl (C=O) groups excluding carboxylic acids is 1. The van der Waals surface area contributed by atoms with Crippen molar-refractivity contribution in [1.29, 1.82) is 0 Å². The third kappa shape index (κ3) is 3.57. The zero-order chi connectivity index (χ0) is 13.8. The van der Waals surface area contributed by atoms with Crippen LogP contribution in [0.3, 0.4) is 0 Å². The molecule has 2 rings (SSSR count). The highest BCUT2D eigenvalue weighted by Crippen LogP contribution is 2.17. The van der Waals surface area contributed by atoms with Gasteiger partial charge in [0.25, 0.3) is 0 Å². The summed E-state index contributed by atoms with van der Waals surface area (Å²) in [6, 6.07) is 6.28. The molecule has 0 bridgehead atoms. The third-order valence-corrected chi connectivity index (χ3v) is 4.13. The molecule has 0 aromatic heterocycles. The van der Waals surface area contributed by atoms with Gasteiger partial charge in [-0.2, -0.15) is 0 Å². The summed E-state index contributed by atoms with van der Waals surface area (Å²) in [5.74, 6) is 0.721. The van der Waals surface area contributed by atoms with Gasteiger partial charge >= 0.3 is 0 Å². The largest absolute Gasteiger partial charge is 0.342 e. The average Bonchev–Trinajstić information content (AvgIpc) is 2.43. The van der Waals surface area contributed by atoms with Gasteiger partial charge in [0.1, 0.15) is 0 Å². The molecule has 1 amide bonds. The number of hydrogen-bond acceptors (Lipinski definition) is 2. The molecule has 2 N–H and O–H groups in total. The molecule has 0 saturated carbocycles. The van der Waals surface area contributed by atoms with E-state index < -0.39 is 0 Å². The number of hydrogen-bond donors (Lipinski definition) is 1. The number of rotatable bonds is 3. The number of aryl methyl sites for hydroxylation is 2. The van der Waals surface area contributed by atoms with Crippen LogP contribution in [-0.2, 0) is 11.2 Å². The van der Waals surface area contributed by atoms with Crippen molar-refractivity contribution >= 4 is 5.91 Å². The van der Waals surface area contributed by atoms with Crippen LogP contribution < -0.4 is 5.73 Å². The number of carbonyl (C=O) groups is 1. The Bertz CT molecular complexity index is 456. The van der Waals surface area contributed by atoms with Crippen molar-refractivity contribution in [2.75, 3.05) is 19.6 Å². The summed E-state index contributed by atoms with van der Waals surface area (Å²) < 4.78 is 0. The van der Waals surface area contributed by atoms with Crippen molar-refractivity contribution in [3.05, 3.63) is 34.9 Å². The van der Waals surface area contributed by atoms with E-state index in [0.29, 0.717) is 18.9 Å². The van der Waals surface area contributed by atoms with Crippen molar-refractivity contribution < 1.29 is 4.79 Å². The van der Waals surface area contributed by atoms with E-state index in [-0.39, 0.29) is 5.91 Å². The molecule has 1 aliphatic heterocycles. The zero-order valence-electron chi connectivity index (χ0n) is 12.0. The number of benzene rings is 1. The molecule has 1 aliphatic rings. The van der Waals surface area contributed by atoms with E-state index in [2.05, 4.69) is 32.0 Å². The Morgan fingerprint density at radius 3 is 2.84 bits per heavy atom. The summed E-state index contributed by atoms with van der Waals surface area (Å²) in [5, 5.41) is 0. The van der Waals surface area contributed by atoms with Crippen LogP contribution in [0.15, 0.2) is 18.2 Å². The highest BCUT2D eigenvalue weighted by molar-refractivity contribution is 5.79. The molecule has 1 heterocycles. The molecule has 1 fully saturated rings. The van der Waals surface area contributed by atoms with Crippen molar-refractivity contribution in [2.24, 2.45) is 11.7 Å². The summed E-state index contributed by atoms with van der Waals surface area (Å²) in [4.78, 5) is 14.3. The number of nitrogens with zero attached hydrogens (tertiary/aromatic N) is 1. The summed E-state index contributed by atoms with van der Waals surface area (Å²) >= 11 is 0. The maximum Gasteiger partial charge on any atom is 0.226 e. The predicted molar refractivity (Wildman–Crippen MR) is 78.0 cm³/mol. The smallest absolute Gasteiger partial charge is 0.226 e. The van der Waals surface area contributed by atoms with E-state index in [1.54, 1.807) is 0 Å². The first kappa shape index (κ1) is 14.1. The Morgan fingerprint density at radius 2 is 2.16 bits per heavy atom. The van der Waals surface area contributed by atoms with Crippen LogP contribution in [0.1, 0.15) is 29.5 Å². The molecule has 1 atom stereocenters. The first-order chi connectivity index (χ1) is 9.10. The first-order valence-electron chi connectivity index (χ1n) is 7.14. The Morgan fingerprint density at radius 1 is 1.37 bits per heavy atom. The maximum absolute atomic E-state index is 12.3. The molecule has 3 heteroatoms. The summed E-state index contributed by atoms with van der Waals surface area (Å²) in [7, 11) is 0. The lowest BCUT2D eigenvalue weighted by Gasteiger charge is -2.32. The number of piperidine rings is 1. The lowest BCUT2D eigenvalue weighted by Crippen LogP contribution is -2.42. The Labute approximate surface area is 115 Å². The van der Waals surface area contributed by atoms with Gasteiger partial charge in [-0.3, -0.25) is 4.79 Å². The summed E-state index contributed by atoms with van der Waals surface area (Å²) in [6.07, 6.45) is 2.75. The van der Waals surface area contributed by atoms with Crippen LogP contribution in [0, 0.1) is 19.8 Å². The molecule has 1 aromatic rings. The molecule has 104 valence electrons. The standard InChI is InChI=1S/C16H24N2O/c1-12-5-6-14(8-13(12)2)9-16(19)18-7-3-4-15(10-17)11-18/h5-6,8,15H,3-4,7,9-11,17H2,1-2H3. The number of likely N-dealkylation sites (tertiary alicyclic amines) is 1. The summed E-state index contributed by atoms with van der Waals surface area (Å²) in [5.41, 5.74) is 9.36. The minimum atomic E-state index is 0.237. The SMILES string of the molecule is Cc1ccc(CC(=O)N2CCCC(CN)C2)cc1C. The van der Waals surface area contributed by atoms with Crippen LogP contribution in [0.5, 0.6) is 0 Å². The molecule has 0 aliphatic carbocycles. The second kappa shape index (κ2) is 6.20. The number of amides is 1. The van der Waals surface area contributed by atoms with E-state index in [4.69, 9.17) is 5.73 Å². The molecular formula is C16H24N2O. The average molecular weight is 260 g/mol. The molecule has 3 nitrogen and oxygen atoms in total. The quantitative estimate of drug-likeness (QED) is 0.904. The highest BCUT2D eigenvalue weighted by atomic mass is 16.2. The van der Waals surface area contributed by atoms with Gasteiger partial charge in [0.2, 0.25) is 5.91 Å². The van der Waals surface area contributed by atoms with Gasteiger partial charge in [-0.15, -0.1) is 0 Å². The van der Waals surface area contributed by atoms with Crippen molar-refractivity contribution in [2.45, 2.75) is 33.1 Å². The highest BCUT2D eigenvalue weighted by Gasteiger charge is 2.22. The minimum Gasteiger partial charge on any atom is -0.342 e. The Kier molecular flexibility index (Phi) is 4.59. The van der Waals surface area contributed by atoms with Crippen molar-refractivity contribution in [3.8, 4) is 0 Å². The van der Waals surface area contributed by atoms with Gasteiger partial charge in [0.05, 0.1) is 6.42 Å². The van der Waals surface area contributed by atoms with Crippen molar-refractivity contribution in [3.63, 3.8) is 0 Å². The molecule has 19 heavy (non-hydrogen) atoms. The molecular weight excluding hydrogens is 236 g/mol. The van der Waals surface area contributed by atoms with E-state index in [1.165, 1.54) is 11.1 Å². The van der Waals surface area contributed by atoms with E-state index in [0.717, 1.165) is 31.5 Å². The van der Waals surface area contributed by atoms with Crippen LogP contribution in [0.25, 0.3) is 0 Å². The number of nitrogens with two attached hydrogens (primary N) is 1. The minimum absolute atomic E-state index is 0.237. The topological polar surface area (TPSA) is 46.3 Å². The van der Waals surface area contributed by atoms with Crippen LogP contribution in [0.4, 0.5) is 0 Å². The Hall–Kier alpha value is -1.35. The second-order valence-electron chi connectivity index (χ2n) is 5.68. The lowest BCUT2D eigenvalue weighted by molar-refractivity contribution is -0.132. The molecule has 1 saturated heterocycles. The Balaban J connectivity index is 1.98. The fourth-order valence-corrected chi connectivity index (χ4v) is 2.68. The van der Waals surface area contributed by atoms with Gasteiger partial charge in [-0.05, 0) is 55.8 Å². The van der Waals surface area contributed by atoms with Gasteiger partial charge in [0.15, 0.2) is 0 Å². The lowest BCUT2D eigenvalue weighted by atomic mass is 9.97. The molecule has 0 radical (unpaired) electrons. The fourth-order valence-electron chi connectivity index (χ4n) is 2.68. The normalized spacial score (nSPS) is 19.5. The van der Waals surface area contributed by atoms with E-state index in [9.17, 15) is 4.79 Å². The first-order valence-corrected chi connectivity index (χ1v) is 7.14. The third-order valence-electron chi connectivity index (χ3n) is 4.13. The maximum atomic E-state index is 12.3. The van der Waals surface area contributed by atoms with Gasteiger partial charge in [-0.1, -0.05) is 18.2 Å². The van der Waals surface area contributed by atoms with Crippen LogP contribution >= 0.6 is 0 Å². The predicted octanol–water partition coefficient (Wildman–Crippen LogP) is 2.04. The fraction of sp³-hybridized carbons (Fsp3) is 0.562. The molecule has 0 spiro atoms. The van der Waals surface area contributed by atoms with Gasteiger partial charge in [-0.25, -0.2) is 0 Å². The zero-order valence-corrected chi connectivity index (χ0v) is 12.0. The van der Waals surface area contributed by atoms with Gasteiger partial charge < -0.3 is 10.6 Å². The molecule has 1 aromatic carbocycles. The second-order valence-corrected chi connectivity index (χ2v) is 5.68. The van der Waals surface area contributed by atoms with Crippen molar-refractivity contribution in [1.82, 2.24) is 4.90 Å². The summed E-state index contributed by atoms with van der Waals surface area (Å²) in [6.45, 7) is 6.60. The molecule has 1 unspecified atom stereocenters.